The number of benzene rings is 2. The van der Waals surface area contributed by atoms with Gasteiger partial charge in [0.1, 0.15) is 5.75 Å². The third kappa shape index (κ3) is 5.45. The van der Waals surface area contributed by atoms with Crippen molar-refractivity contribution in [2.75, 3.05) is 23.5 Å². The minimum atomic E-state index is -0.0687. The van der Waals surface area contributed by atoms with Gasteiger partial charge in [-0.05, 0) is 49.2 Å². The van der Waals surface area contributed by atoms with Crippen molar-refractivity contribution >= 4 is 45.5 Å². The summed E-state index contributed by atoms with van der Waals surface area (Å²) in [5.74, 6) is 0.976. The first-order valence-electron chi connectivity index (χ1n) is 8.28. The normalized spacial score (nSPS) is 10.5. The molecule has 2 aromatic carbocycles. The molecule has 0 spiro atoms. The summed E-state index contributed by atoms with van der Waals surface area (Å²) in [4.78, 5) is 12.1. The fraction of sp³-hybridized carbons (Fsp3) is 0.211. The number of nitrogens with zero attached hydrogens (tertiary/aromatic N) is 2. The van der Waals surface area contributed by atoms with Gasteiger partial charge in [0.25, 0.3) is 0 Å². The standard InChI is InChI=1S/C19H20N4O2S2/c1-12-7-8-15(9-13(12)2)20-17(24)11-26-19-23-22-18(27-19)21-14-5-4-6-16(10-14)25-3/h4-10H,11H2,1-3H3,(H,20,24)(H,21,22). The highest BCUT2D eigenvalue weighted by Crippen LogP contribution is 2.28. The SMILES string of the molecule is COc1cccc(Nc2nnc(SCC(=O)Nc3ccc(C)c(C)c3)s2)c1. The van der Waals surface area contributed by atoms with E-state index in [4.69, 9.17) is 4.74 Å². The van der Waals surface area contributed by atoms with Crippen LogP contribution in [0.25, 0.3) is 0 Å². The smallest absolute Gasteiger partial charge is 0.234 e. The summed E-state index contributed by atoms with van der Waals surface area (Å²) in [5.41, 5.74) is 4.03. The molecule has 140 valence electrons. The van der Waals surface area contributed by atoms with Crippen LogP contribution in [0, 0.1) is 13.8 Å². The highest BCUT2D eigenvalue weighted by atomic mass is 32.2. The number of hydrogen-bond donors (Lipinski definition) is 2. The average molecular weight is 401 g/mol. The average Bonchev–Trinajstić information content (AvgIpc) is 3.10. The van der Waals surface area contributed by atoms with E-state index in [1.54, 1.807) is 7.11 Å². The summed E-state index contributed by atoms with van der Waals surface area (Å²) < 4.78 is 5.94. The number of hydrogen-bond acceptors (Lipinski definition) is 7. The predicted octanol–water partition coefficient (Wildman–Crippen LogP) is 4.64. The Morgan fingerprint density at radius 2 is 1.96 bits per heavy atom. The molecule has 0 atom stereocenters. The number of carbonyl (C=O) groups is 1. The van der Waals surface area contributed by atoms with E-state index in [-0.39, 0.29) is 11.7 Å². The van der Waals surface area contributed by atoms with Crippen molar-refractivity contribution in [3.05, 3.63) is 53.6 Å². The number of anilines is 3. The van der Waals surface area contributed by atoms with E-state index in [1.165, 1.54) is 28.7 Å². The fourth-order valence-electron chi connectivity index (χ4n) is 2.29. The number of aromatic nitrogens is 2. The van der Waals surface area contributed by atoms with E-state index in [9.17, 15) is 4.79 Å². The lowest BCUT2D eigenvalue weighted by molar-refractivity contribution is -0.113. The lowest BCUT2D eigenvalue weighted by Crippen LogP contribution is -2.14. The highest BCUT2D eigenvalue weighted by Gasteiger charge is 2.09. The maximum atomic E-state index is 12.1. The molecule has 3 aromatic rings. The van der Waals surface area contributed by atoms with Crippen molar-refractivity contribution in [2.24, 2.45) is 0 Å². The molecule has 1 aromatic heterocycles. The molecular formula is C19H20N4O2S2. The van der Waals surface area contributed by atoms with E-state index < -0.39 is 0 Å². The van der Waals surface area contributed by atoms with Gasteiger partial charge in [-0.15, -0.1) is 10.2 Å². The van der Waals surface area contributed by atoms with Crippen molar-refractivity contribution in [3.8, 4) is 5.75 Å². The van der Waals surface area contributed by atoms with Crippen molar-refractivity contribution < 1.29 is 9.53 Å². The number of methoxy groups -OCH3 is 1. The van der Waals surface area contributed by atoms with Crippen LogP contribution in [0.1, 0.15) is 11.1 Å². The molecule has 0 aliphatic carbocycles. The second kappa shape index (κ2) is 8.88. The predicted molar refractivity (Wildman–Crippen MR) is 111 cm³/mol. The quantitative estimate of drug-likeness (QED) is 0.563. The van der Waals surface area contributed by atoms with E-state index >= 15 is 0 Å². The summed E-state index contributed by atoms with van der Waals surface area (Å²) in [6, 6.07) is 13.5. The number of rotatable bonds is 7. The molecule has 27 heavy (non-hydrogen) atoms. The zero-order valence-corrected chi connectivity index (χ0v) is 16.9. The van der Waals surface area contributed by atoms with Gasteiger partial charge >= 0.3 is 0 Å². The van der Waals surface area contributed by atoms with Crippen molar-refractivity contribution in [1.29, 1.82) is 0 Å². The first kappa shape index (κ1) is 19.2. The van der Waals surface area contributed by atoms with Crippen LogP contribution in [-0.4, -0.2) is 29.0 Å². The summed E-state index contributed by atoms with van der Waals surface area (Å²) in [6.45, 7) is 4.07. The van der Waals surface area contributed by atoms with Crippen LogP contribution in [0.2, 0.25) is 0 Å². The number of ether oxygens (including phenoxy) is 1. The third-order valence-electron chi connectivity index (χ3n) is 3.84. The summed E-state index contributed by atoms with van der Waals surface area (Å²) >= 11 is 2.77. The highest BCUT2D eigenvalue weighted by molar-refractivity contribution is 8.01. The maximum absolute atomic E-state index is 12.1. The van der Waals surface area contributed by atoms with E-state index in [0.29, 0.717) is 5.13 Å². The molecule has 0 aliphatic rings. The minimum absolute atomic E-state index is 0.0687. The second-order valence-corrected chi connectivity index (χ2v) is 8.07. The van der Waals surface area contributed by atoms with Crippen LogP contribution in [-0.2, 0) is 4.79 Å². The molecule has 1 heterocycles. The van der Waals surface area contributed by atoms with Crippen LogP contribution in [0.5, 0.6) is 5.75 Å². The second-order valence-electron chi connectivity index (χ2n) is 5.87. The van der Waals surface area contributed by atoms with Crippen LogP contribution in [0.15, 0.2) is 46.8 Å². The van der Waals surface area contributed by atoms with E-state index in [1.807, 2.05) is 56.3 Å². The Hall–Kier alpha value is -2.58. The van der Waals surface area contributed by atoms with Crippen molar-refractivity contribution in [3.63, 3.8) is 0 Å². The Balaban J connectivity index is 1.52. The Bertz CT molecular complexity index is 943. The molecule has 0 saturated heterocycles. The van der Waals surface area contributed by atoms with Crippen molar-refractivity contribution in [1.82, 2.24) is 10.2 Å². The van der Waals surface area contributed by atoms with E-state index in [0.717, 1.165) is 27.0 Å². The Kier molecular flexibility index (Phi) is 6.31. The lowest BCUT2D eigenvalue weighted by Gasteiger charge is -2.06. The zero-order chi connectivity index (χ0) is 19.2. The van der Waals surface area contributed by atoms with Gasteiger partial charge < -0.3 is 15.4 Å². The van der Waals surface area contributed by atoms with Gasteiger partial charge in [0, 0.05) is 17.4 Å². The molecule has 0 radical (unpaired) electrons. The largest absolute Gasteiger partial charge is 0.497 e. The molecule has 6 nitrogen and oxygen atoms in total. The van der Waals surface area contributed by atoms with Gasteiger partial charge in [-0.2, -0.15) is 0 Å². The molecular weight excluding hydrogens is 380 g/mol. The van der Waals surface area contributed by atoms with Gasteiger partial charge in [-0.25, -0.2) is 0 Å². The Morgan fingerprint density at radius 1 is 1.11 bits per heavy atom. The maximum Gasteiger partial charge on any atom is 0.234 e. The number of nitrogens with one attached hydrogen (secondary N) is 2. The minimum Gasteiger partial charge on any atom is -0.497 e. The van der Waals surface area contributed by atoms with Gasteiger partial charge in [-0.3, -0.25) is 4.79 Å². The molecule has 0 saturated carbocycles. The number of aryl methyl sites for hydroxylation is 2. The lowest BCUT2D eigenvalue weighted by atomic mass is 10.1. The van der Waals surface area contributed by atoms with Crippen LogP contribution in [0.3, 0.4) is 0 Å². The monoisotopic (exact) mass is 400 g/mol. The molecule has 1 amide bonds. The Morgan fingerprint density at radius 3 is 2.74 bits per heavy atom. The first-order valence-corrected chi connectivity index (χ1v) is 10.1. The third-order valence-corrected chi connectivity index (χ3v) is 5.82. The fourth-order valence-corrected chi connectivity index (χ4v) is 3.86. The molecule has 0 bridgehead atoms. The van der Waals surface area contributed by atoms with Crippen molar-refractivity contribution in [2.45, 2.75) is 18.2 Å². The van der Waals surface area contributed by atoms with Gasteiger partial charge in [0.15, 0.2) is 4.34 Å². The molecule has 0 unspecified atom stereocenters. The van der Waals surface area contributed by atoms with Crippen LogP contribution >= 0.6 is 23.1 Å². The number of carbonyl (C=O) groups excluding carboxylic acids is 1. The molecule has 0 aliphatic heterocycles. The number of amides is 1. The first-order chi connectivity index (χ1) is 13.0. The molecule has 8 heteroatoms. The molecule has 0 fully saturated rings. The van der Waals surface area contributed by atoms with E-state index in [2.05, 4.69) is 20.8 Å². The van der Waals surface area contributed by atoms with Gasteiger partial charge in [-0.1, -0.05) is 35.2 Å². The topological polar surface area (TPSA) is 76.1 Å². The summed E-state index contributed by atoms with van der Waals surface area (Å²) in [5, 5.41) is 15.0. The van der Waals surface area contributed by atoms with Gasteiger partial charge in [0.2, 0.25) is 11.0 Å². The molecule has 3 rings (SSSR count). The Labute approximate surface area is 166 Å². The van der Waals surface area contributed by atoms with Crippen LogP contribution in [0.4, 0.5) is 16.5 Å². The summed E-state index contributed by atoms with van der Waals surface area (Å²) in [7, 11) is 1.63. The summed E-state index contributed by atoms with van der Waals surface area (Å²) in [6.07, 6.45) is 0. The number of thioether (sulfide) groups is 1. The van der Waals surface area contributed by atoms with Crippen LogP contribution < -0.4 is 15.4 Å². The zero-order valence-electron chi connectivity index (χ0n) is 15.3. The van der Waals surface area contributed by atoms with Gasteiger partial charge in [0.05, 0.1) is 12.9 Å². The molecule has 2 N–H and O–H groups in total.